The molecule has 3 heterocycles. The fourth-order valence-corrected chi connectivity index (χ4v) is 7.15. The molecule has 0 radical (unpaired) electrons. The SMILES string of the molecule is Cc1nc(COC[C@H]2CCS(=O)(=O)C23CN(C(=O)C2CCC2)C3)cs1. The Hall–Kier alpha value is -0.990. The van der Waals surface area contributed by atoms with Crippen molar-refractivity contribution in [3.63, 3.8) is 0 Å². The van der Waals surface area contributed by atoms with E-state index in [0.717, 1.165) is 30.0 Å². The summed E-state index contributed by atoms with van der Waals surface area (Å²) in [6.45, 7) is 3.50. The van der Waals surface area contributed by atoms with E-state index >= 15 is 0 Å². The van der Waals surface area contributed by atoms with Crippen LogP contribution in [-0.2, 0) is 26.0 Å². The monoisotopic (exact) mass is 384 g/mol. The van der Waals surface area contributed by atoms with Crippen LogP contribution in [0.15, 0.2) is 5.38 Å². The molecule has 8 heteroatoms. The molecule has 3 fully saturated rings. The van der Waals surface area contributed by atoms with E-state index in [0.29, 0.717) is 32.7 Å². The molecule has 4 rings (SSSR count). The van der Waals surface area contributed by atoms with E-state index < -0.39 is 14.6 Å². The predicted octanol–water partition coefficient (Wildman–Crippen LogP) is 1.78. The second-order valence-corrected chi connectivity index (χ2v) is 11.1. The van der Waals surface area contributed by atoms with Gasteiger partial charge in [0.25, 0.3) is 0 Å². The molecule has 6 nitrogen and oxygen atoms in total. The number of thiazole rings is 1. The Morgan fingerprint density at radius 2 is 2.16 bits per heavy atom. The molecule has 1 spiro atoms. The molecule has 1 aromatic rings. The number of carbonyl (C=O) groups is 1. The molecule has 2 saturated heterocycles. The van der Waals surface area contributed by atoms with E-state index in [-0.39, 0.29) is 23.5 Å². The number of hydrogen-bond donors (Lipinski definition) is 0. The third kappa shape index (κ3) is 2.92. The van der Waals surface area contributed by atoms with Crippen molar-refractivity contribution in [2.24, 2.45) is 11.8 Å². The molecule has 0 aromatic carbocycles. The first-order chi connectivity index (χ1) is 11.9. The van der Waals surface area contributed by atoms with E-state index in [1.807, 2.05) is 12.3 Å². The predicted molar refractivity (Wildman–Crippen MR) is 95.1 cm³/mol. The zero-order valence-corrected chi connectivity index (χ0v) is 16.1. The summed E-state index contributed by atoms with van der Waals surface area (Å²) in [6, 6.07) is 0. The zero-order chi connectivity index (χ0) is 17.7. The lowest BCUT2D eigenvalue weighted by Crippen LogP contribution is -2.69. The average Bonchev–Trinajstić information content (AvgIpc) is 2.96. The minimum Gasteiger partial charge on any atom is -0.375 e. The van der Waals surface area contributed by atoms with Crippen LogP contribution in [0.5, 0.6) is 0 Å². The Bertz CT molecular complexity index is 763. The second kappa shape index (κ2) is 6.32. The maximum Gasteiger partial charge on any atom is 0.225 e. The summed E-state index contributed by atoms with van der Waals surface area (Å²) in [4.78, 5) is 18.5. The lowest BCUT2D eigenvalue weighted by atomic mass is 9.79. The summed E-state index contributed by atoms with van der Waals surface area (Å²) in [5.41, 5.74) is 0.896. The van der Waals surface area contributed by atoms with Crippen LogP contribution in [-0.4, -0.2) is 54.4 Å². The van der Waals surface area contributed by atoms with Crippen LogP contribution in [0.4, 0.5) is 0 Å². The number of rotatable bonds is 5. The number of amides is 1. The van der Waals surface area contributed by atoms with Gasteiger partial charge in [-0.15, -0.1) is 11.3 Å². The van der Waals surface area contributed by atoms with E-state index in [4.69, 9.17) is 4.74 Å². The van der Waals surface area contributed by atoms with Gasteiger partial charge in [0.15, 0.2) is 9.84 Å². The molecule has 0 unspecified atom stereocenters. The molecule has 1 aliphatic carbocycles. The number of nitrogens with zero attached hydrogens (tertiary/aromatic N) is 2. The lowest BCUT2D eigenvalue weighted by molar-refractivity contribution is -0.145. The maximum absolute atomic E-state index is 12.6. The van der Waals surface area contributed by atoms with Crippen LogP contribution in [0.1, 0.15) is 36.4 Å². The molecule has 0 bridgehead atoms. The van der Waals surface area contributed by atoms with Crippen molar-refractivity contribution in [2.75, 3.05) is 25.4 Å². The summed E-state index contributed by atoms with van der Waals surface area (Å²) in [7, 11) is -3.16. The molecule has 1 saturated carbocycles. The smallest absolute Gasteiger partial charge is 0.225 e. The third-order valence-electron chi connectivity index (χ3n) is 6.02. The Labute approximate surface area is 152 Å². The number of ether oxygens (including phenoxy) is 1. The molecular weight excluding hydrogens is 360 g/mol. The molecule has 1 aromatic heterocycles. The van der Waals surface area contributed by atoms with Gasteiger partial charge in [-0.1, -0.05) is 6.42 Å². The molecular formula is C17H24N2O4S2. The lowest BCUT2D eigenvalue weighted by Gasteiger charge is -2.51. The van der Waals surface area contributed by atoms with Crippen LogP contribution in [0, 0.1) is 18.8 Å². The van der Waals surface area contributed by atoms with Gasteiger partial charge in [-0.05, 0) is 26.2 Å². The van der Waals surface area contributed by atoms with Crippen LogP contribution in [0.3, 0.4) is 0 Å². The van der Waals surface area contributed by atoms with Crippen LogP contribution in [0.25, 0.3) is 0 Å². The fraction of sp³-hybridized carbons (Fsp3) is 0.765. The number of sulfone groups is 1. The Balaban J connectivity index is 1.37. The first-order valence-electron chi connectivity index (χ1n) is 8.91. The third-order valence-corrected chi connectivity index (χ3v) is 9.44. The van der Waals surface area contributed by atoms with Crippen LogP contribution >= 0.6 is 11.3 Å². The standard InChI is InChI=1S/C17H24N2O4S2/c1-12-18-15(9-24-12)8-23-7-14-5-6-25(21,22)17(14)10-19(11-17)16(20)13-3-2-4-13/h9,13-14H,2-8,10-11H2,1H3/t14-/m1/s1. The summed E-state index contributed by atoms with van der Waals surface area (Å²) in [6.07, 6.45) is 3.65. The van der Waals surface area contributed by atoms with Crippen molar-refractivity contribution >= 4 is 27.1 Å². The van der Waals surface area contributed by atoms with E-state index in [9.17, 15) is 13.2 Å². The minimum atomic E-state index is -3.16. The Morgan fingerprint density at radius 1 is 1.40 bits per heavy atom. The number of hydrogen-bond acceptors (Lipinski definition) is 6. The van der Waals surface area contributed by atoms with E-state index in [1.54, 1.807) is 16.2 Å². The average molecular weight is 385 g/mol. The van der Waals surface area contributed by atoms with Crippen LogP contribution < -0.4 is 0 Å². The summed E-state index contributed by atoms with van der Waals surface area (Å²) in [5, 5.41) is 2.97. The highest BCUT2D eigenvalue weighted by Gasteiger charge is 2.62. The van der Waals surface area contributed by atoms with Crippen molar-refractivity contribution in [1.29, 1.82) is 0 Å². The highest BCUT2D eigenvalue weighted by Crippen LogP contribution is 2.46. The number of carbonyl (C=O) groups excluding carboxylic acids is 1. The van der Waals surface area contributed by atoms with Crippen molar-refractivity contribution < 1.29 is 17.9 Å². The van der Waals surface area contributed by atoms with Gasteiger partial charge in [-0.2, -0.15) is 0 Å². The van der Waals surface area contributed by atoms with Gasteiger partial charge < -0.3 is 9.64 Å². The van der Waals surface area contributed by atoms with Crippen LogP contribution in [0.2, 0.25) is 0 Å². The van der Waals surface area contributed by atoms with Gasteiger partial charge in [0.05, 0.1) is 29.7 Å². The number of aromatic nitrogens is 1. The summed E-state index contributed by atoms with van der Waals surface area (Å²) >= 11 is 1.58. The molecule has 1 atom stereocenters. The Morgan fingerprint density at radius 3 is 2.76 bits per heavy atom. The first-order valence-corrected chi connectivity index (χ1v) is 11.4. The van der Waals surface area contributed by atoms with Gasteiger partial charge in [-0.25, -0.2) is 13.4 Å². The highest BCUT2D eigenvalue weighted by molar-refractivity contribution is 7.93. The quantitative estimate of drug-likeness (QED) is 0.773. The first kappa shape index (κ1) is 17.4. The van der Waals surface area contributed by atoms with Gasteiger partial charge in [-0.3, -0.25) is 4.79 Å². The molecule has 0 N–H and O–H groups in total. The second-order valence-electron chi connectivity index (χ2n) is 7.56. The molecule has 1 amide bonds. The van der Waals surface area contributed by atoms with Gasteiger partial charge in [0, 0.05) is 30.3 Å². The molecule has 2 aliphatic heterocycles. The van der Waals surface area contributed by atoms with E-state index in [2.05, 4.69) is 4.98 Å². The molecule has 25 heavy (non-hydrogen) atoms. The number of likely N-dealkylation sites (tertiary alicyclic amines) is 1. The highest BCUT2D eigenvalue weighted by atomic mass is 32.2. The number of aryl methyl sites for hydroxylation is 1. The maximum atomic E-state index is 12.6. The fourth-order valence-electron chi connectivity index (χ4n) is 4.16. The zero-order valence-electron chi connectivity index (χ0n) is 14.4. The van der Waals surface area contributed by atoms with E-state index in [1.165, 1.54) is 0 Å². The summed E-state index contributed by atoms with van der Waals surface area (Å²) < 4.78 is 30.3. The largest absolute Gasteiger partial charge is 0.375 e. The van der Waals surface area contributed by atoms with Gasteiger partial charge >= 0.3 is 0 Å². The Kier molecular flexibility index (Phi) is 4.40. The molecule has 138 valence electrons. The molecule has 3 aliphatic rings. The van der Waals surface area contributed by atoms with Crippen molar-refractivity contribution in [1.82, 2.24) is 9.88 Å². The normalized spacial score (nSPS) is 27.2. The van der Waals surface area contributed by atoms with Gasteiger partial charge in [0.1, 0.15) is 4.75 Å². The minimum absolute atomic E-state index is 0.0253. The van der Waals surface area contributed by atoms with Gasteiger partial charge in [0.2, 0.25) is 5.91 Å². The van der Waals surface area contributed by atoms with Crippen molar-refractivity contribution in [3.05, 3.63) is 16.1 Å². The van der Waals surface area contributed by atoms with Crippen molar-refractivity contribution in [2.45, 2.75) is 44.0 Å². The topological polar surface area (TPSA) is 76.6 Å². The summed E-state index contributed by atoms with van der Waals surface area (Å²) in [5.74, 6) is 0.464. The van der Waals surface area contributed by atoms with Crippen molar-refractivity contribution in [3.8, 4) is 0 Å².